The van der Waals surface area contributed by atoms with E-state index in [1.807, 2.05) is 30.3 Å². The van der Waals surface area contributed by atoms with E-state index in [1.54, 1.807) is 31.3 Å². The van der Waals surface area contributed by atoms with Crippen molar-refractivity contribution < 1.29 is 23.5 Å². The van der Waals surface area contributed by atoms with E-state index in [9.17, 15) is 9.90 Å². The van der Waals surface area contributed by atoms with E-state index >= 15 is 0 Å². The van der Waals surface area contributed by atoms with Crippen LogP contribution in [0.2, 0.25) is 5.02 Å². The van der Waals surface area contributed by atoms with Gasteiger partial charge < -0.3 is 29.8 Å². The second-order valence-corrected chi connectivity index (χ2v) is 8.92. The van der Waals surface area contributed by atoms with Gasteiger partial charge in [0.2, 0.25) is 0 Å². The molecule has 2 aromatic carbocycles. The summed E-state index contributed by atoms with van der Waals surface area (Å²) in [5.74, 6) is 0.464. The van der Waals surface area contributed by atoms with Gasteiger partial charge in [0.05, 0.1) is 34.6 Å². The number of hydrogen-bond acceptors (Lipinski definition) is 6. The number of likely N-dealkylation sites (N-methyl/N-ethyl adjacent to an activating group) is 1. The Kier molecular flexibility index (Phi) is 5.00. The van der Waals surface area contributed by atoms with Crippen molar-refractivity contribution in [2.45, 2.75) is 18.6 Å². The van der Waals surface area contributed by atoms with Gasteiger partial charge in [0.15, 0.2) is 0 Å². The summed E-state index contributed by atoms with van der Waals surface area (Å²) >= 11 is 6.57. The molecule has 1 aliphatic rings. The number of pyridine rings is 1. The minimum atomic E-state index is -2.77. The molecule has 0 fully saturated rings. The van der Waals surface area contributed by atoms with Crippen LogP contribution in [0.1, 0.15) is 28.3 Å². The number of ether oxygens (including phenoxy) is 2. The number of hydrogen-bond donors (Lipinski definition) is 3. The minimum Gasteiger partial charge on any atom is -0.457 e. The summed E-state index contributed by atoms with van der Waals surface area (Å²) in [6.45, 7) is -1.29. The van der Waals surface area contributed by atoms with Crippen molar-refractivity contribution in [3.8, 4) is 11.5 Å². The van der Waals surface area contributed by atoms with Crippen LogP contribution in [-0.2, 0) is 9.53 Å². The fourth-order valence-electron chi connectivity index (χ4n) is 4.28. The number of carbonyl (C=O) groups excluding carboxylic acids is 1. The Labute approximate surface area is 211 Å². The lowest BCUT2D eigenvalue weighted by molar-refractivity contribution is -0.124. The molecule has 180 valence electrons. The number of para-hydroxylation sites is 1. The largest absolute Gasteiger partial charge is 0.457 e. The SMILES string of the molecule is [2H]C([2H])([2H])N1C(=O)[C@](C)(COC)Nc2c1cnc1[nH]cc(C(O)c3ccc(Oc4ccccc4)cc3Cl)c21. The van der Waals surface area contributed by atoms with E-state index in [1.165, 1.54) is 13.3 Å². The first-order valence-corrected chi connectivity index (χ1v) is 11.2. The number of rotatable bonds is 6. The summed E-state index contributed by atoms with van der Waals surface area (Å²) in [4.78, 5) is 21.4. The van der Waals surface area contributed by atoms with Crippen LogP contribution in [0.25, 0.3) is 11.0 Å². The number of methoxy groups -OCH3 is 1. The molecule has 2 atom stereocenters. The number of fused-ring (bicyclic) bond motifs is 3. The molecule has 3 heterocycles. The normalized spacial score (nSPS) is 19.9. The molecule has 0 radical (unpaired) electrons. The fraction of sp³-hybridized carbons (Fsp3) is 0.231. The van der Waals surface area contributed by atoms with E-state index in [2.05, 4.69) is 15.3 Å². The molecule has 0 bridgehead atoms. The first kappa shape index (κ1) is 19.7. The molecule has 0 aliphatic carbocycles. The molecule has 1 aliphatic heterocycles. The summed E-state index contributed by atoms with van der Waals surface area (Å²) in [7, 11) is 1.43. The maximum absolute atomic E-state index is 13.3. The van der Waals surface area contributed by atoms with Crippen LogP contribution in [-0.4, -0.2) is 47.2 Å². The summed E-state index contributed by atoms with van der Waals surface area (Å²) in [5.41, 5.74) is 0.227. The van der Waals surface area contributed by atoms with E-state index in [0.29, 0.717) is 39.3 Å². The summed E-state index contributed by atoms with van der Waals surface area (Å²) in [6.07, 6.45) is 1.69. The second kappa shape index (κ2) is 8.88. The molecule has 35 heavy (non-hydrogen) atoms. The number of nitrogens with one attached hydrogen (secondary N) is 2. The lowest BCUT2D eigenvalue weighted by atomic mass is 9.94. The molecule has 1 amide bonds. The average molecular weight is 496 g/mol. The molecular weight excluding hydrogens is 468 g/mol. The fourth-order valence-corrected chi connectivity index (χ4v) is 4.55. The van der Waals surface area contributed by atoms with Gasteiger partial charge in [-0.15, -0.1) is 0 Å². The molecule has 1 unspecified atom stereocenters. The van der Waals surface area contributed by atoms with E-state index in [4.69, 9.17) is 25.2 Å². The Morgan fingerprint density at radius 3 is 2.74 bits per heavy atom. The highest BCUT2D eigenvalue weighted by atomic mass is 35.5. The third-order valence-corrected chi connectivity index (χ3v) is 6.33. The molecule has 8 nitrogen and oxygen atoms in total. The number of aromatic nitrogens is 2. The van der Waals surface area contributed by atoms with Gasteiger partial charge in [-0.3, -0.25) is 4.79 Å². The first-order chi connectivity index (χ1) is 18.0. The first-order valence-electron chi connectivity index (χ1n) is 12.4. The highest BCUT2D eigenvalue weighted by Crippen LogP contribution is 2.43. The van der Waals surface area contributed by atoms with Gasteiger partial charge in [-0.25, -0.2) is 4.98 Å². The molecule has 0 spiro atoms. The zero-order valence-electron chi connectivity index (χ0n) is 22.0. The summed E-state index contributed by atoms with van der Waals surface area (Å²) in [5, 5.41) is 15.3. The van der Waals surface area contributed by atoms with Crippen LogP contribution in [0.4, 0.5) is 11.4 Å². The number of nitrogens with zero attached hydrogens (tertiary/aromatic N) is 2. The van der Waals surface area contributed by atoms with Crippen molar-refractivity contribution in [3.63, 3.8) is 0 Å². The molecule has 3 N–H and O–H groups in total. The second-order valence-electron chi connectivity index (χ2n) is 8.52. The van der Waals surface area contributed by atoms with Gasteiger partial charge in [0, 0.05) is 35.5 Å². The third-order valence-electron chi connectivity index (χ3n) is 6.00. The highest BCUT2D eigenvalue weighted by molar-refractivity contribution is 6.31. The number of anilines is 2. The van der Waals surface area contributed by atoms with Crippen LogP contribution in [0, 0.1) is 0 Å². The average Bonchev–Trinajstić information content (AvgIpc) is 3.29. The molecule has 5 rings (SSSR count). The van der Waals surface area contributed by atoms with E-state index in [-0.39, 0.29) is 17.3 Å². The predicted molar refractivity (Wildman–Crippen MR) is 135 cm³/mol. The molecule has 9 heteroatoms. The molecular formula is C26H25ClN4O4. The number of aliphatic hydroxyl groups is 1. The molecule has 0 saturated heterocycles. The van der Waals surface area contributed by atoms with Crippen LogP contribution >= 0.6 is 11.6 Å². The van der Waals surface area contributed by atoms with Gasteiger partial charge in [-0.2, -0.15) is 0 Å². The van der Waals surface area contributed by atoms with Gasteiger partial charge in [-0.1, -0.05) is 35.9 Å². The van der Waals surface area contributed by atoms with Gasteiger partial charge in [0.1, 0.15) is 28.8 Å². The topological polar surface area (TPSA) is 99.7 Å². The Morgan fingerprint density at radius 1 is 1.23 bits per heavy atom. The van der Waals surface area contributed by atoms with Crippen molar-refractivity contribution >= 4 is 39.9 Å². The number of H-pyrrole nitrogens is 1. The standard InChI is InChI=1S/C26H25ClN4O4/c1-26(14-34-3)25(33)31(2)20-13-29-24-21(22(20)30-26)18(12-28-24)23(32)17-10-9-16(11-19(17)27)35-15-7-5-4-6-8-15/h4-13,23,30,32H,14H2,1-3H3,(H,28,29)/t23?,26-/m0/s1/i2D3. The smallest absolute Gasteiger partial charge is 0.254 e. The Morgan fingerprint density at radius 2 is 2.03 bits per heavy atom. The van der Waals surface area contributed by atoms with Crippen molar-refractivity contribution in [1.82, 2.24) is 9.97 Å². The highest BCUT2D eigenvalue weighted by Gasteiger charge is 2.42. The van der Waals surface area contributed by atoms with Gasteiger partial charge >= 0.3 is 0 Å². The summed E-state index contributed by atoms with van der Waals surface area (Å²) in [6, 6.07) is 14.2. The zero-order chi connectivity index (χ0) is 27.2. The quantitative estimate of drug-likeness (QED) is 0.352. The Bertz CT molecular complexity index is 1510. The monoisotopic (exact) mass is 495 g/mol. The Hall–Kier alpha value is -3.59. The summed E-state index contributed by atoms with van der Waals surface area (Å²) < 4.78 is 35.2. The molecule has 2 aromatic heterocycles. The van der Waals surface area contributed by atoms with Crippen molar-refractivity contribution in [3.05, 3.63) is 77.1 Å². The lowest BCUT2D eigenvalue weighted by Crippen LogP contribution is -2.57. The number of amides is 1. The number of halogens is 1. The van der Waals surface area contributed by atoms with Crippen LogP contribution in [0.5, 0.6) is 11.5 Å². The third kappa shape index (κ3) is 3.99. The maximum Gasteiger partial charge on any atom is 0.254 e. The van der Waals surface area contributed by atoms with Crippen molar-refractivity contribution in [1.29, 1.82) is 0 Å². The number of aromatic amines is 1. The number of benzene rings is 2. The van der Waals surface area contributed by atoms with Crippen LogP contribution in [0.3, 0.4) is 0 Å². The van der Waals surface area contributed by atoms with Crippen molar-refractivity contribution in [2.75, 3.05) is 30.9 Å². The minimum absolute atomic E-state index is 0.0711. The van der Waals surface area contributed by atoms with E-state index < -0.39 is 24.5 Å². The molecule has 4 aromatic rings. The van der Waals surface area contributed by atoms with Crippen LogP contribution in [0.15, 0.2) is 60.9 Å². The Balaban J connectivity index is 1.59. The maximum atomic E-state index is 13.3. The number of aliphatic hydroxyl groups excluding tert-OH is 1. The van der Waals surface area contributed by atoms with Gasteiger partial charge in [0.25, 0.3) is 5.91 Å². The van der Waals surface area contributed by atoms with Gasteiger partial charge in [-0.05, 0) is 31.2 Å². The van der Waals surface area contributed by atoms with Crippen LogP contribution < -0.4 is 15.0 Å². The number of carbonyl (C=O) groups is 1. The van der Waals surface area contributed by atoms with Crippen molar-refractivity contribution in [2.24, 2.45) is 0 Å². The molecule has 0 saturated carbocycles. The van der Waals surface area contributed by atoms with E-state index in [0.717, 1.165) is 4.90 Å². The predicted octanol–water partition coefficient (Wildman–Crippen LogP) is 4.88. The lowest BCUT2D eigenvalue weighted by Gasteiger charge is -2.40. The zero-order valence-corrected chi connectivity index (χ0v) is 19.8.